The fourth-order valence-electron chi connectivity index (χ4n) is 2.54. The van der Waals surface area contributed by atoms with E-state index in [0.29, 0.717) is 29.7 Å². The van der Waals surface area contributed by atoms with Crippen LogP contribution >= 0.6 is 0 Å². The summed E-state index contributed by atoms with van der Waals surface area (Å²) in [4.78, 5) is 4.50. The maximum atomic E-state index is 5.37. The van der Waals surface area contributed by atoms with E-state index in [2.05, 4.69) is 15.5 Å². The highest BCUT2D eigenvalue weighted by Gasteiger charge is 2.22. The fourth-order valence-corrected chi connectivity index (χ4v) is 2.54. The predicted octanol–water partition coefficient (Wildman–Crippen LogP) is 1.75. The maximum absolute atomic E-state index is 5.37. The zero-order valence-electron chi connectivity index (χ0n) is 12.3. The highest BCUT2D eigenvalue weighted by Crippen LogP contribution is 2.28. The lowest BCUT2D eigenvalue weighted by Crippen LogP contribution is -2.08. The van der Waals surface area contributed by atoms with Crippen LogP contribution in [0.4, 0.5) is 0 Å². The van der Waals surface area contributed by atoms with Crippen LogP contribution in [0.5, 0.6) is 11.5 Å². The van der Waals surface area contributed by atoms with Crippen molar-refractivity contribution in [2.75, 3.05) is 27.3 Å². The van der Waals surface area contributed by atoms with Gasteiger partial charge in [-0.25, -0.2) is 0 Å². The molecule has 3 rings (SSSR count). The second-order valence-electron chi connectivity index (χ2n) is 5.10. The van der Waals surface area contributed by atoms with Crippen LogP contribution < -0.4 is 14.8 Å². The molecule has 1 atom stereocenters. The summed E-state index contributed by atoms with van der Waals surface area (Å²) in [6.45, 7) is 1.93. The normalized spacial score (nSPS) is 17.9. The minimum Gasteiger partial charge on any atom is -0.493 e. The zero-order chi connectivity index (χ0) is 14.7. The Morgan fingerprint density at radius 1 is 1.29 bits per heavy atom. The van der Waals surface area contributed by atoms with E-state index in [0.717, 1.165) is 31.0 Å². The molecule has 0 radical (unpaired) electrons. The van der Waals surface area contributed by atoms with E-state index in [9.17, 15) is 0 Å². The number of aromatic nitrogens is 2. The third kappa shape index (κ3) is 3.00. The molecule has 0 aliphatic carbocycles. The number of hydrogen-bond donors (Lipinski definition) is 1. The van der Waals surface area contributed by atoms with E-state index < -0.39 is 0 Å². The monoisotopic (exact) mass is 289 g/mol. The molecule has 1 aliphatic rings. The topological polar surface area (TPSA) is 69.4 Å². The van der Waals surface area contributed by atoms with E-state index in [1.807, 2.05) is 18.2 Å². The second-order valence-corrected chi connectivity index (χ2v) is 5.10. The summed E-state index contributed by atoms with van der Waals surface area (Å²) in [5, 5.41) is 7.37. The van der Waals surface area contributed by atoms with Crippen molar-refractivity contribution in [1.29, 1.82) is 0 Å². The van der Waals surface area contributed by atoms with Crippen molar-refractivity contribution in [3.8, 4) is 11.5 Å². The first kappa shape index (κ1) is 13.9. The Bertz CT molecular complexity index is 606. The molecule has 1 fully saturated rings. The largest absolute Gasteiger partial charge is 0.493 e. The molecule has 0 unspecified atom stereocenters. The van der Waals surface area contributed by atoms with Gasteiger partial charge in [0.1, 0.15) is 0 Å². The quantitative estimate of drug-likeness (QED) is 0.904. The molecule has 1 saturated heterocycles. The van der Waals surface area contributed by atoms with Crippen molar-refractivity contribution in [3.63, 3.8) is 0 Å². The van der Waals surface area contributed by atoms with Crippen LogP contribution in [0.15, 0.2) is 22.7 Å². The number of nitrogens with one attached hydrogen (secondary N) is 1. The van der Waals surface area contributed by atoms with E-state index in [1.165, 1.54) is 0 Å². The summed E-state index contributed by atoms with van der Waals surface area (Å²) in [6, 6.07) is 5.80. The van der Waals surface area contributed by atoms with Crippen molar-refractivity contribution in [1.82, 2.24) is 15.5 Å². The molecule has 0 amide bonds. The SMILES string of the molecule is COc1ccc(Cc2noc([C@H]3CCNC3)n2)cc1OC. The molecule has 2 aromatic rings. The number of ether oxygens (including phenoxy) is 2. The molecule has 1 aromatic heterocycles. The van der Waals surface area contributed by atoms with Gasteiger partial charge in [-0.05, 0) is 30.7 Å². The minimum atomic E-state index is 0.344. The van der Waals surface area contributed by atoms with Crippen molar-refractivity contribution in [2.45, 2.75) is 18.8 Å². The highest BCUT2D eigenvalue weighted by molar-refractivity contribution is 5.43. The Morgan fingerprint density at radius 3 is 2.86 bits per heavy atom. The standard InChI is InChI=1S/C15H19N3O3/c1-19-12-4-3-10(7-13(12)20-2)8-14-17-15(21-18-14)11-5-6-16-9-11/h3-4,7,11,16H,5-6,8-9H2,1-2H3/t11-/m0/s1. The van der Waals surface area contributed by atoms with Gasteiger partial charge in [0.05, 0.1) is 20.1 Å². The third-order valence-corrected chi connectivity index (χ3v) is 3.70. The number of rotatable bonds is 5. The van der Waals surface area contributed by atoms with E-state index >= 15 is 0 Å². The van der Waals surface area contributed by atoms with Gasteiger partial charge in [-0.2, -0.15) is 4.98 Å². The highest BCUT2D eigenvalue weighted by atomic mass is 16.5. The molecule has 21 heavy (non-hydrogen) atoms. The van der Waals surface area contributed by atoms with Crippen LogP contribution in [0.1, 0.15) is 29.6 Å². The molecule has 112 valence electrons. The molecule has 1 aliphatic heterocycles. The molecular formula is C15H19N3O3. The molecule has 1 N–H and O–H groups in total. The number of benzene rings is 1. The Hall–Kier alpha value is -2.08. The van der Waals surface area contributed by atoms with Crippen LogP contribution in [-0.2, 0) is 6.42 Å². The molecule has 2 heterocycles. The Kier molecular flexibility index (Phi) is 4.06. The van der Waals surface area contributed by atoms with Crippen LogP contribution in [0.3, 0.4) is 0 Å². The molecule has 6 heteroatoms. The van der Waals surface area contributed by atoms with E-state index in [1.54, 1.807) is 14.2 Å². The molecule has 0 bridgehead atoms. The average molecular weight is 289 g/mol. The van der Waals surface area contributed by atoms with E-state index in [-0.39, 0.29) is 0 Å². The average Bonchev–Trinajstić information content (AvgIpc) is 3.17. The molecule has 6 nitrogen and oxygen atoms in total. The van der Waals surface area contributed by atoms with Crippen LogP contribution in [0.2, 0.25) is 0 Å². The first-order valence-corrected chi connectivity index (χ1v) is 7.04. The van der Waals surface area contributed by atoms with Crippen LogP contribution in [-0.4, -0.2) is 37.4 Å². The van der Waals surface area contributed by atoms with Crippen molar-refractivity contribution in [3.05, 3.63) is 35.5 Å². The van der Waals surface area contributed by atoms with Gasteiger partial charge in [0.15, 0.2) is 17.3 Å². The summed E-state index contributed by atoms with van der Waals surface area (Å²) in [7, 11) is 3.25. The number of nitrogens with zero attached hydrogens (tertiary/aromatic N) is 2. The Balaban J connectivity index is 1.74. The first-order valence-electron chi connectivity index (χ1n) is 7.04. The number of methoxy groups -OCH3 is 2. The Labute approximate surface area is 123 Å². The molecule has 0 spiro atoms. The first-order chi connectivity index (χ1) is 10.3. The zero-order valence-corrected chi connectivity index (χ0v) is 12.3. The van der Waals surface area contributed by atoms with Gasteiger partial charge >= 0.3 is 0 Å². The maximum Gasteiger partial charge on any atom is 0.231 e. The third-order valence-electron chi connectivity index (χ3n) is 3.70. The van der Waals surface area contributed by atoms with Gasteiger partial charge in [-0.15, -0.1) is 0 Å². The summed E-state index contributed by atoms with van der Waals surface area (Å²) in [6.07, 6.45) is 1.67. The minimum absolute atomic E-state index is 0.344. The lowest BCUT2D eigenvalue weighted by molar-refractivity contribution is 0.353. The summed E-state index contributed by atoms with van der Waals surface area (Å²) < 4.78 is 15.9. The van der Waals surface area contributed by atoms with Crippen molar-refractivity contribution in [2.24, 2.45) is 0 Å². The lowest BCUT2D eigenvalue weighted by atomic mass is 10.1. The van der Waals surface area contributed by atoms with Gasteiger partial charge in [0.25, 0.3) is 0 Å². The molecule has 1 aromatic carbocycles. The van der Waals surface area contributed by atoms with Gasteiger partial charge in [0.2, 0.25) is 5.89 Å². The number of hydrogen-bond acceptors (Lipinski definition) is 6. The van der Waals surface area contributed by atoms with Gasteiger partial charge in [-0.3, -0.25) is 0 Å². The summed E-state index contributed by atoms with van der Waals surface area (Å²) in [5.41, 5.74) is 1.06. The fraction of sp³-hybridized carbons (Fsp3) is 0.467. The summed E-state index contributed by atoms with van der Waals surface area (Å²) >= 11 is 0. The van der Waals surface area contributed by atoms with E-state index in [4.69, 9.17) is 14.0 Å². The van der Waals surface area contributed by atoms with Crippen molar-refractivity contribution < 1.29 is 14.0 Å². The summed E-state index contributed by atoms with van der Waals surface area (Å²) in [5.74, 6) is 3.20. The molecular weight excluding hydrogens is 270 g/mol. The Morgan fingerprint density at radius 2 is 2.14 bits per heavy atom. The second kappa shape index (κ2) is 6.13. The smallest absolute Gasteiger partial charge is 0.231 e. The van der Waals surface area contributed by atoms with Gasteiger partial charge < -0.3 is 19.3 Å². The van der Waals surface area contributed by atoms with Crippen LogP contribution in [0.25, 0.3) is 0 Å². The van der Waals surface area contributed by atoms with Gasteiger partial charge in [0, 0.05) is 13.0 Å². The van der Waals surface area contributed by atoms with Crippen molar-refractivity contribution >= 4 is 0 Å². The van der Waals surface area contributed by atoms with Gasteiger partial charge in [-0.1, -0.05) is 11.2 Å². The lowest BCUT2D eigenvalue weighted by Gasteiger charge is -2.08. The molecule has 0 saturated carbocycles. The predicted molar refractivity (Wildman–Crippen MR) is 76.9 cm³/mol. The van der Waals surface area contributed by atoms with Crippen LogP contribution in [0, 0.1) is 0 Å².